The molecule has 0 spiro atoms. The number of unbranched alkanes of at least 4 members (excludes halogenated alkanes) is 1. The Balaban J connectivity index is 1.58. The smallest absolute Gasteiger partial charge is 0.137 e. The van der Waals surface area contributed by atoms with Crippen LogP contribution in [-0.2, 0) is 0 Å². The number of hydrogen-bond acceptors (Lipinski definition) is 2. The number of nitrogens with one attached hydrogen (secondary N) is 1. The van der Waals surface area contributed by atoms with Crippen LogP contribution in [0.3, 0.4) is 0 Å². The zero-order valence-electron chi connectivity index (χ0n) is 9.72. The van der Waals surface area contributed by atoms with E-state index in [0.29, 0.717) is 16.8 Å². The van der Waals surface area contributed by atoms with Crippen molar-refractivity contribution in [1.29, 1.82) is 0 Å². The Morgan fingerprint density at radius 2 is 2.18 bits per heavy atom. The highest BCUT2D eigenvalue weighted by molar-refractivity contribution is 9.10. The molecule has 0 bridgehead atoms. The summed E-state index contributed by atoms with van der Waals surface area (Å²) in [7, 11) is 0. The third-order valence-electron chi connectivity index (χ3n) is 2.74. The van der Waals surface area contributed by atoms with Crippen molar-refractivity contribution in [2.45, 2.75) is 31.7 Å². The third-order valence-corrected chi connectivity index (χ3v) is 3.35. The van der Waals surface area contributed by atoms with Gasteiger partial charge in [-0.15, -0.1) is 0 Å². The highest BCUT2D eigenvalue weighted by Gasteiger charge is 2.19. The second-order valence-electron chi connectivity index (χ2n) is 4.36. The van der Waals surface area contributed by atoms with E-state index in [9.17, 15) is 4.39 Å². The molecule has 1 aromatic rings. The van der Waals surface area contributed by atoms with Crippen molar-refractivity contribution < 1.29 is 9.13 Å². The minimum absolute atomic E-state index is 0.258. The van der Waals surface area contributed by atoms with Crippen LogP contribution < -0.4 is 10.1 Å². The van der Waals surface area contributed by atoms with Crippen LogP contribution >= 0.6 is 15.9 Å². The van der Waals surface area contributed by atoms with E-state index in [0.717, 1.165) is 25.4 Å². The van der Waals surface area contributed by atoms with Gasteiger partial charge >= 0.3 is 0 Å². The van der Waals surface area contributed by atoms with E-state index >= 15 is 0 Å². The molecule has 1 aliphatic carbocycles. The Kier molecular flexibility index (Phi) is 4.80. The summed E-state index contributed by atoms with van der Waals surface area (Å²) < 4.78 is 18.9. The first-order chi connectivity index (χ1) is 8.25. The van der Waals surface area contributed by atoms with E-state index in [1.807, 2.05) is 0 Å². The summed E-state index contributed by atoms with van der Waals surface area (Å²) in [5.41, 5.74) is 0. The fourth-order valence-corrected chi connectivity index (χ4v) is 1.94. The first-order valence-corrected chi connectivity index (χ1v) is 6.86. The van der Waals surface area contributed by atoms with Crippen molar-refractivity contribution in [1.82, 2.24) is 5.32 Å². The van der Waals surface area contributed by atoms with Crippen molar-refractivity contribution in [2.24, 2.45) is 0 Å². The topological polar surface area (TPSA) is 21.3 Å². The molecule has 0 heterocycles. The van der Waals surface area contributed by atoms with Crippen LogP contribution in [0.4, 0.5) is 4.39 Å². The molecular formula is C13H17BrFNO. The fraction of sp³-hybridized carbons (Fsp3) is 0.538. The largest absolute Gasteiger partial charge is 0.494 e. The lowest BCUT2D eigenvalue weighted by Crippen LogP contribution is -2.17. The maximum Gasteiger partial charge on any atom is 0.137 e. The zero-order valence-corrected chi connectivity index (χ0v) is 11.3. The molecule has 0 aromatic heterocycles. The van der Waals surface area contributed by atoms with Gasteiger partial charge in [-0.2, -0.15) is 0 Å². The van der Waals surface area contributed by atoms with Gasteiger partial charge in [-0.1, -0.05) is 0 Å². The quantitative estimate of drug-likeness (QED) is 0.778. The van der Waals surface area contributed by atoms with Crippen LogP contribution in [0.25, 0.3) is 0 Å². The number of halogens is 2. The Hall–Kier alpha value is -0.610. The van der Waals surface area contributed by atoms with Gasteiger partial charge in [0.2, 0.25) is 0 Å². The van der Waals surface area contributed by atoms with Gasteiger partial charge in [-0.3, -0.25) is 0 Å². The highest BCUT2D eigenvalue weighted by Crippen LogP contribution is 2.22. The molecule has 0 aliphatic heterocycles. The predicted molar refractivity (Wildman–Crippen MR) is 69.9 cm³/mol. The maximum atomic E-state index is 13.0. The van der Waals surface area contributed by atoms with Crippen LogP contribution in [0, 0.1) is 5.82 Å². The first-order valence-electron chi connectivity index (χ1n) is 6.07. The Bertz CT molecular complexity index is 368. The van der Waals surface area contributed by atoms with Crippen LogP contribution in [0.5, 0.6) is 5.75 Å². The summed E-state index contributed by atoms with van der Waals surface area (Å²) in [4.78, 5) is 0. The van der Waals surface area contributed by atoms with Gasteiger partial charge in [0.25, 0.3) is 0 Å². The van der Waals surface area contributed by atoms with Gasteiger partial charge in [0.1, 0.15) is 11.6 Å². The molecule has 1 N–H and O–H groups in total. The van der Waals surface area contributed by atoms with E-state index in [1.165, 1.54) is 18.9 Å². The minimum atomic E-state index is -0.258. The average molecular weight is 302 g/mol. The highest BCUT2D eigenvalue weighted by atomic mass is 79.9. The van der Waals surface area contributed by atoms with Gasteiger partial charge in [0, 0.05) is 6.04 Å². The summed E-state index contributed by atoms with van der Waals surface area (Å²) in [6.07, 6.45) is 4.81. The summed E-state index contributed by atoms with van der Waals surface area (Å²) in [5.74, 6) is 0.458. The van der Waals surface area contributed by atoms with E-state index in [1.54, 1.807) is 12.1 Å². The Morgan fingerprint density at radius 3 is 2.88 bits per heavy atom. The molecule has 0 saturated heterocycles. The molecule has 0 amide bonds. The Labute approximate surface area is 110 Å². The van der Waals surface area contributed by atoms with Crippen LogP contribution in [0.15, 0.2) is 22.7 Å². The van der Waals surface area contributed by atoms with Gasteiger partial charge in [-0.25, -0.2) is 4.39 Å². The number of ether oxygens (including phenoxy) is 1. The molecule has 1 saturated carbocycles. The van der Waals surface area contributed by atoms with E-state index in [-0.39, 0.29) is 5.82 Å². The van der Waals surface area contributed by atoms with E-state index < -0.39 is 0 Å². The standard InChI is InChI=1S/C13H17BrFNO/c14-12-9-11(5-6-13(12)15)17-8-2-1-7-16-10-3-4-10/h5-6,9-10,16H,1-4,7-8H2. The monoisotopic (exact) mass is 301 g/mol. The van der Waals surface area contributed by atoms with E-state index in [4.69, 9.17) is 4.74 Å². The first kappa shape index (κ1) is 12.8. The number of benzene rings is 1. The average Bonchev–Trinajstić information content (AvgIpc) is 3.12. The fourth-order valence-electron chi connectivity index (χ4n) is 1.58. The van der Waals surface area contributed by atoms with Crippen molar-refractivity contribution in [3.05, 3.63) is 28.5 Å². The molecule has 17 heavy (non-hydrogen) atoms. The van der Waals surface area contributed by atoms with Crippen molar-refractivity contribution in [3.8, 4) is 5.75 Å². The van der Waals surface area contributed by atoms with Crippen LogP contribution in [-0.4, -0.2) is 19.2 Å². The number of hydrogen-bond donors (Lipinski definition) is 1. The van der Waals surface area contributed by atoms with Crippen LogP contribution in [0.2, 0.25) is 0 Å². The SMILES string of the molecule is Fc1ccc(OCCCCNC2CC2)cc1Br. The molecule has 0 atom stereocenters. The van der Waals surface area contributed by atoms with Gasteiger partial charge < -0.3 is 10.1 Å². The zero-order chi connectivity index (χ0) is 12.1. The number of rotatable bonds is 7. The lowest BCUT2D eigenvalue weighted by molar-refractivity contribution is 0.305. The maximum absolute atomic E-state index is 13.0. The van der Waals surface area contributed by atoms with Crippen molar-refractivity contribution >= 4 is 15.9 Å². The molecule has 2 rings (SSSR count). The summed E-state index contributed by atoms with van der Waals surface area (Å²) in [6.45, 7) is 1.76. The summed E-state index contributed by atoms with van der Waals surface area (Å²) in [6, 6.07) is 5.51. The van der Waals surface area contributed by atoms with E-state index in [2.05, 4.69) is 21.2 Å². The molecule has 0 unspecified atom stereocenters. The molecule has 0 radical (unpaired) electrons. The van der Waals surface area contributed by atoms with Crippen LogP contribution in [0.1, 0.15) is 25.7 Å². The second-order valence-corrected chi connectivity index (χ2v) is 5.21. The van der Waals surface area contributed by atoms with Gasteiger partial charge in [-0.05, 0) is 66.4 Å². The molecule has 1 aliphatic rings. The molecule has 1 fully saturated rings. The van der Waals surface area contributed by atoms with Crippen molar-refractivity contribution in [3.63, 3.8) is 0 Å². The molecule has 94 valence electrons. The lowest BCUT2D eigenvalue weighted by Gasteiger charge is -2.07. The minimum Gasteiger partial charge on any atom is -0.494 e. The van der Waals surface area contributed by atoms with Crippen molar-refractivity contribution in [2.75, 3.05) is 13.2 Å². The molecule has 1 aromatic carbocycles. The second kappa shape index (κ2) is 6.36. The van der Waals surface area contributed by atoms with Gasteiger partial charge in [0.05, 0.1) is 11.1 Å². The van der Waals surface area contributed by atoms with Gasteiger partial charge in [0.15, 0.2) is 0 Å². The molecule has 2 nitrogen and oxygen atoms in total. The normalized spacial score (nSPS) is 14.9. The third kappa shape index (κ3) is 4.64. The molecule has 4 heteroatoms. The lowest BCUT2D eigenvalue weighted by atomic mass is 10.3. The summed E-state index contributed by atoms with van der Waals surface area (Å²) >= 11 is 3.14. The summed E-state index contributed by atoms with van der Waals surface area (Å²) in [5, 5.41) is 3.46. The predicted octanol–water partition coefficient (Wildman–Crippen LogP) is 3.50. The Morgan fingerprint density at radius 1 is 1.35 bits per heavy atom. The molecular weight excluding hydrogens is 285 g/mol.